The fourth-order valence-corrected chi connectivity index (χ4v) is 10.4. The summed E-state index contributed by atoms with van der Waals surface area (Å²) >= 11 is 0. The second-order valence-electron chi connectivity index (χ2n) is 23.2. The van der Waals surface area contributed by atoms with Gasteiger partial charge < -0.3 is 9.32 Å². The average Bonchev–Trinajstić information content (AvgIpc) is 3.72. The Morgan fingerprint density at radius 3 is 1.52 bits per heavy atom. The van der Waals surface area contributed by atoms with Crippen molar-refractivity contribution in [2.24, 2.45) is 0 Å². The molecular formula is C58H65NO. The first-order valence-electron chi connectivity index (χ1n) is 22.2. The molecule has 0 amide bonds. The molecule has 9 rings (SSSR count). The third-order valence-corrected chi connectivity index (χ3v) is 14.0. The van der Waals surface area contributed by atoms with Crippen molar-refractivity contribution in [1.82, 2.24) is 0 Å². The van der Waals surface area contributed by atoms with E-state index in [9.17, 15) is 0 Å². The smallest absolute Gasteiger partial charge is 0.139 e. The summed E-state index contributed by atoms with van der Waals surface area (Å²) in [6.07, 6.45) is 0. The van der Waals surface area contributed by atoms with Crippen molar-refractivity contribution in [2.75, 3.05) is 4.90 Å². The van der Waals surface area contributed by atoms with Gasteiger partial charge in [-0.05, 0) is 131 Å². The maximum Gasteiger partial charge on any atom is 0.139 e. The van der Waals surface area contributed by atoms with Gasteiger partial charge in [0.2, 0.25) is 0 Å². The topological polar surface area (TPSA) is 16.4 Å². The Morgan fingerprint density at radius 1 is 0.417 bits per heavy atom. The molecule has 2 nitrogen and oxygen atoms in total. The van der Waals surface area contributed by atoms with Crippen molar-refractivity contribution in [3.05, 3.63) is 148 Å². The van der Waals surface area contributed by atoms with Gasteiger partial charge in [0.25, 0.3) is 0 Å². The molecule has 7 aromatic rings. The number of fused-ring (bicyclic) bond motifs is 9. The third-order valence-electron chi connectivity index (χ3n) is 14.0. The Labute approximate surface area is 360 Å². The SMILES string of the molecule is CC(C)(C)c1cc2c(c(C(C)(C)C)c1)C(C)(C)c1cc(N(c3ccc4c(c3)C(C)(C)c3ccccc3-4)c3ccc4oc5c(C(C)(C)C)cc(C(C)(C)C)cc5c4c3)ccc1-2. The lowest BCUT2D eigenvalue weighted by molar-refractivity contribution is 0.545. The largest absolute Gasteiger partial charge is 0.456 e. The molecule has 0 bridgehead atoms. The molecule has 2 aliphatic rings. The predicted molar refractivity (Wildman–Crippen MR) is 258 cm³/mol. The lowest BCUT2D eigenvalue weighted by atomic mass is 9.71. The van der Waals surface area contributed by atoms with Gasteiger partial charge in [-0.1, -0.05) is 165 Å². The summed E-state index contributed by atoms with van der Waals surface area (Å²) in [5.74, 6) is 0. The van der Waals surface area contributed by atoms with Crippen molar-refractivity contribution in [3.63, 3.8) is 0 Å². The molecule has 0 N–H and O–H groups in total. The Kier molecular flexibility index (Phi) is 8.56. The fourth-order valence-electron chi connectivity index (χ4n) is 10.4. The van der Waals surface area contributed by atoms with Crippen LogP contribution in [0.5, 0.6) is 0 Å². The summed E-state index contributed by atoms with van der Waals surface area (Å²) in [6, 6.07) is 40.0. The molecule has 0 saturated carbocycles. The molecule has 0 unspecified atom stereocenters. The van der Waals surface area contributed by atoms with Crippen LogP contribution in [0.15, 0.2) is 108 Å². The monoisotopic (exact) mass is 792 g/mol. The number of anilines is 3. The average molecular weight is 792 g/mol. The van der Waals surface area contributed by atoms with E-state index in [1.807, 2.05) is 0 Å². The van der Waals surface area contributed by atoms with Gasteiger partial charge in [-0.25, -0.2) is 0 Å². The van der Waals surface area contributed by atoms with Crippen LogP contribution in [-0.4, -0.2) is 0 Å². The Bertz CT molecular complexity index is 2900. The molecule has 2 aliphatic carbocycles. The summed E-state index contributed by atoms with van der Waals surface area (Å²) in [5.41, 5.74) is 21.4. The first-order chi connectivity index (χ1) is 27.8. The van der Waals surface area contributed by atoms with E-state index >= 15 is 0 Å². The maximum atomic E-state index is 6.82. The molecule has 2 heteroatoms. The molecule has 1 heterocycles. The molecule has 0 saturated heterocycles. The van der Waals surface area contributed by atoms with Gasteiger partial charge in [0, 0.05) is 44.2 Å². The van der Waals surface area contributed by atoms with Crippen LogP contribution in [0, 0.1) is 0 Å². The van der Waals surface area contributed by atoms with Gasteiger partial charge in [-0.3, -0.25) is 0 Å². The van der Waals surface area contributed by atoms with E-state index in [-0.39, 0.29) is 32.5 Å². The van der Waals surface area contributed by atoms with Gasteiger partial charge in [0.15, 0.2) is 0 Å². The second-order valence-corrected chi connectivity index (χ2v) is 23.2. The third kappa shape index (κ3) is 6.10. The van der Waals surface area contributed by atoms with E-state index in [0.717, 1.165) is 33.6 Å². The van der Waals surface area contributed by atoms with E-state index < -0.39 is 0 Å². The van der Waals surface area contributed by atoms with Crippen LogP contribution < -0.4 is 4.90 Å². The number of nitrogens with zero attached hydrogens (tertiary/aromatic N) is 1. The van der Waals surface area contributed by atoms with Crippen molar-refractivity contribution >= 4 is 39.0 Å². The van der Waals surface area contributed by atoms with E-state index in [2.05, 4.69) is 219 Å². The molecule has 0 spiro atoms. The van der Waals surface area contributed by atoms with Crippen LogP contribution in [0.25, 0.3) is 44.2 Å². The van der Waals surface area contributed by atoms with Crippen molar-refractivity contribution in [3.8, 4) is 22.3 Å². The minimum absolute atomic E-state index is 0.00317. The lowest BCUT2D eigenvalue weighted by Crippen LogP contribution is -2.25. The van der Waals surface area contributed by atoms with E-state index in [1.54, 1.807) is 0 Å². The van der Waals surface area contributed by atoms with Gasteiger partial charge in [-0.15, -0.1) is 0 Å². The summed E-state index contributed by atoms with van der Waals surface area (Å²) in [7, 11) is 0. The summed E-state index contributed by atoms with van der Waals surface area (Å²) in [4.78, 5) is 2.50. The standard InChI is InChI=1S/C58H65NO/c1-53(2,3)34-27-43-41-25-22-38(33-47(41)58(15,16)51(43)48(29-34)55(7,8)9)59(37-21-24-40-39-19-17-18-20-45(39)57(13,14)46(40)32-37)36-23-26-50-42(31-36)44-28-35(54(4,5)6)30-49(52(44)60-50)56(10,11)12/h17-33H,1-16H3. The zero-order valence-corrected chi connectivity index (χ0v) is 39.2. The molecule has 0 atom stereocenters. The van der Waals surface area contributed by atoms with E-state index in [4.69, 9.17) is 4.42 Å². The Morgan fingerprint density at radius 2 is 0.917 bits per heavy atom. The molecule has 0 radical (unpaired) electrons. The van der Waals surface area contributed by atoms with Crippen molar-refractivity contribution < 1.29 is 4.42 Å². The molecule has 60 heavy (non-hydrogen) atoms. The highest BCUT2D eigenvalue weighted by Gasteiger charge is 2.42. The molecule has 308 valence electrons. The summed E-state index contributed by atoms with van der Waals surface area (Å²) in [6.45, 7) is 37.6. The minimum atomic E-state index is -0.190. The highest BCUT2D eigenvalue weighted by Crippen LogP contribution is 2.56. The number of hydrogen-bond donors (Lipinski definition) is 0. The first kappa shape index (κ1) is 40.3. The molecule has 1 aromatic heterocycles. The van der Waals surface area contributed by atoms with E-state index in [0.29, 0.717) is 0 Å². The van der Waals surface area contributed by atoms with Crippen LogP contribution in [0.2, 0.25) is 0 Å². The number of hydrogen-bond acceptors (Lipinski definition) is 2. The molecular weight excluding hydrogens is 727 g/mol. The van der Waals surface area contributed by atoms with Gasteiger partial charge in [0.05, 0.1) is 0 Å². The number of furan rings is 1. The highest BCUT2D eigenvalue weighted by molar-refractivity contribution is 6.08. The van der Waals surface area contributed by atoms with Gasteiger partial charge >= 0.3 is 0 Å². The predicted octanol–water partition coefficient (Wildman–Crippen LogP) is 16.9. The van der Waals surface area contributed by atoms with Crippen LogP contribution in [0.1, 0.15) is 155 Å². The fraction of sp³-hybridized carbons (Fsp3) is 0.379. The lowest BCUT2D eigenvalue weighted by Gasteiger charge is -2.33. The Balaban J connectivity index is 1.30. The summed E-state index contributed by atoms with van der Waals surface area (Å²) in [5, 5.41) is 2.33. The van der Waals surface area contributed by atoms with Crippen LogP contribution in [0.3, 0.4) is 0 Å². The maximum absolute atomic E-state index is 6.82. The van der Waals surface area contributed by atoms with Crippen LogP contribution >= 0.6 is 0 Å². The molecule has 0 aliphatic heterocycles. The molecule has 6 aromatic carbocycles. The van der Waals surface area contributed by atoms with E-state index in [1.165, 1.54) is 72.1 Å². The quantitative estimate of drug-likeness (QED) is 0.177. The summed E-state index contributed by atoms with van der Waals surface area (Å²) < 4.78 is 6.82. The highest BCUT2D eigenvalue weighted by atomic mass is 16.3. The van der Waals surface area contributed by atoms with Crippen LogP contribution in [0.4, 0.5) is 17.1 Å². The first-order valence-corrected chi connectivity index (χ1v) is 22.2. The minimum Gasteiger partial charge on any atom is -0.456 e. The number of rotatable bonds is 3. The normalized spacial score (nSPS) is 15.6. The zero-order valence-electron chi connectivity index (χ0n) is 39.2. The second kappa shape index (κ2) is 12.7. The van der Waals surface area contributed by atoms with Gasteiger partial charge in [-0.2, -0.15) is 0 Å². The zero-order chi connectivity index (χ0) is 43.3. The van der Waals surface area contributed by atoms with Crippen molar-refractivity contribution in [1.29, 1.82) is 0 Å². The van der Waals surface area contributed by atoms with Gasteiger partial charge in [0.1, 0.15) is 11.2 Å². The number of benzene rings is 6. The molecule has 0 fully saturated rings. The van der Waals surface area contributed by atoms with Crippen LogP contribution in [-0.2, 0) is 32.5 Å². The Hall–Kier alpha value is -5.08. The van der Waals surface area contributed by atoms with Crippen molar-refractivity contribution in [2.45, 2.75) is 143 Å².